The normalized spacial score (nSPS) is 9.84. The number of aromatic nitrogens is 4. The number of tetrazole rings is 1. The summed E-state index contributed by atoms with van der Waals surface area (Å²) in [7, 11) is 0. The molecule has 96 valence electrons. The van der Waals surface area contributed by atoms with Crippen molar-refractivity contribution in [2.45, 2.75) is 13.0 Å². The number of hydrogen-bond acceptors (Lipinski definition) is 5. The maximum atomic E-state index is 11.5. The molecule has 0 spiro atoms. The van der Waals surface area contributed by atoms with Crippen LogP contribution in [0.15, 0.2) is 30.3 Å². The van der Waals surface area contributed by atoms with Crippen LogP contribution in [0.3, 0.4) is 0 Å². The quantitative estimate of drug-likeness (QED) is 0.779. The van der Waals surface area contributed by atoms with Crippen LogP contribution in [0, 0.1) is 11.3 Å². The van der Waals surface area contributed by atoms with Gasteiger partial charge in [0.25, 0.3) is 0 Å². The highest BCUT2D eigenvalue weighted by Gasteiger charge is 2.08. The van der Waals surface area contributed by atoms with Gasteiger partial charge in [-0.05, 0) is 5.21 Å². The molecule has 0 radical (unpaired) electrons. The zero-order valence-corrected chi connectivity index (χ0v) is 10.2. The summed E-state index contributed by atoms with van der Waals surface area (Å²) < 4.78 is 0. The molecule has 1 amide bonds. The molecular formula is C12H12N6O. The largest absolute Gasteiger partial charge is 0.353 e. The van der Waals surface area contributed by atoms with Gasteiger partial charge in [-0.2, -0.15) is 10.1 Å². The van der Waals surface area contributed by atoms with Crippen LogP contribution in [0.4, 0.5) is 0 Å². The highest BCUT2D eigenvalue weighted by atomic mass is 16.2. The van der Waals surface area contributed by atoms with E-state index in [2.05, 4.69) is 20.7 Å². The summed E-state index contributed by atoms with van der Waals surface area (Å²) in [4.78, 5) is 12.7. The number of nitrogens with zero attached hydrogens (tertiary/aromatic N) is 5. The van der Waals surface area contributed by atoms with E-state index in [9.17, 15) is 4.79 Å². The average molecular weight is 256 g/mol. The minimum absolute atomic E-state index is 0.00867. The fraction of sp³-hybridized carbons (Fsp3) is 0.250. The molecule has 0 fully saturated rings. The lowest BCUT2D eigenvalue weighted by atomic mass is 10.2. The van der Waals surface area contributed by atoms with Crippen molar-refractivity contribution in [3.05, 3.63) is 30.3 Å². The van der Waals surface area contributed by atoms with E-state index in [0.29, 0.717) is 12.4 Å². The molecule has 0 aliphatic heterocycles. The van der Waals surface area contributed by atoms with Crippen LogP contribution in [0.5, 0.6) is 0 Å². The maximum absolute atomic E-state index is 11.5. The lowest BCUT2D eigenvalue weighted by molar-refractivity contribution is -0.122. The molecule has 0 atom stereocenters. The Morgan fingerprint density at radius 1 is 1.37 bits per heavy atom. The lowest BCUT2D eigenvalue weighted by Gasteiger charge is -2.00. The Labute approximate surface area is 109 Å². The number of benzene rings is 1. The predicted molar refractivity (Wildman–Crippen MR) is 66.5 cm³/mol. The molecule has 0 saturated carbocycles. The number of hydrogen-bond donors (Lipinski definition) is 1. The standard InChI is InChI=1S/C12H12N6O/c13-7-4-8-14-11(19)9-18-16-12(15-17-18)10-5-2-1-3-6-10/h1-3,5-6H,4,8-9H2,(H,14,19). The van der Waals surface area contributed by atoms with Crippen LogP contribution in [0.2, 0.25) is 0 Å². The smallest absolute Gasteiger partial charge is 0.243 e. The van der Waals surface area contributed by atoms with Gasteiger partial charge < -0.3 is 5.32 Å². The van der Waals surface area contributed by atoms with Gasteiger partial charge in [-0.25, -0.2) is 0 Å². The SMILES string of the molecule is N#CCCNC(=O)Cn1nnc(-c2ccccc2)n1. The van der Waals surface area contributed by atoms with E-state index in [1.165, 1.54) is 4.80 Å². The van der Waals surface area contributed by atoms with E-state index in [1.807, 2.05) is 36.4 Å². The highest BCUT2D eigenvalue weighted by Crippen LogP contribution is 2.11. The Morgan fingerprint density at radius 2 is 2.16 bits per heavy atom. The Balaban J connectivity index is 1.95. The van der Waals surface area contributed by atoms with Gasteiger partial charge in [-0.15, -0.1) is 10.2 Å². The lowest BCUT2D eigenvalue weighted by Crippen LogP contribution is -2.29. The van der Waals surface area contributed by atoms with Gasteiger partial charge >= 0.3 is 0 Å². The third-order valence-corrected chi connectivity index (χ3v) is 2.33. The van der Waals surface area contributed by atoms with Crippen molar-refractivity contribution in [3.63, 3.8) is 0 Å². The maximum Gasteiger partial charge on any atom is 0.243 e. The van der Waals surface area contributed by atoms with E-state index in [-0.39, 0.29) is 18.9 Å². The molecule has 0 bridgehead atoms. The van der Waals surface area contributed by atoms with Crippen molar-refractivity contribution in [1.29, 1.82) is 5.26 Å². The molecule has 1 aromatic carbocycles. The second-order valence-electron chi connectivity index (χ2n) is 3.77. The van der Waals surface area contributed by atoms with E-state index < -0.39 is 0 Å². The zero-order chi connectivity index (χ0) is 13.5. The van der Waals surface area contributed by atoms with Gasteiger partial charge in [-0.3, -0.25) is 4.79 Å². The average Bonchev–Trinajstić information content (AvgIpc) is 2.88. The number of nitrogens with one attached hydrogen (secondary N) is 1. The monoisotopic (exact) mass is 256 g/mol. The highest BCUT2D eigenvalue weighted by molar-refractivity contribution is 5.75. The topological polar surface area (TPSA) is 96.5 Å². The van der Waals surface area contributed by atoms with Crippen molar-refractivity contribution < 1.29 is 4.79 Å². The summed E-state index contributed by atoms with van der Waals surface area (Å²) in [6.45, 7) is 0.320. The summed E-state index contributed by atoms with van der Waals surface area (Å²) in [5, 5.41) is 22.8. The van der Waals surface area contributed by atoms with Crippen molar-refractivity contribution in [1.82, 2.24) is 25.5 Å². The molecular weight excluding hydrogens is 244 g/mol. The van der Waals surface area contributed by atoms with Gasteiger partial charge in [-0.1, -0.05) is 30.3 Å². The number of carbonyl (C=O) groups is 1. The van der Waals surface area contributed by atoms with E-state index in [4.69, 9.17) is 5.26 Å². The van der Waals surface area contributed by atoms with Crippen LogP contribution in [-0.4, -0.2) is 32.7 Å². The van der Waals surface area contributed by atoms with Crippen LogP contribution in [0.1, 0.15) is 6.42 Å². The van der Waals surface area contributed by atoms with Crippen LogP contribution in [0.25, 0.3) is 11.4 Å². The second-order valence-corrected chi connectivity index (χ2v) is 3.77. The molecule has 19 heavy (non-hydrogen) atoms. The zero-order valence-electron chi connectivity index (χ0n) is 10.2. The molecule has 1 heterocycles. The molecule has 1 N–H and O–H groups in total. The van der Waals surface area contributed by atoms with Crippen molar-refractivity contribution in [2.75, 3.05) is 6.54 Å². The predicted octanol–water partition coefficient (Wildman–Crippen LogP) is 0.370. The summed E-state index contributed by atoms with van der Waals surface area (Å²) in [5.74, 6) is 0.234. The third kappa shape index (κ3) is 3.61. The fourth-order valence-electron chi connectivity index (χ4n) is 1.46. The Kier molecular flexibility index (Phi) is 4.18. The Bertz CT molecular complexity index is 586. The van der Waals surface area contributed by atoms with Gasteiger partial charge in [0.1, 0.15) is 6.54 Å². The van der Waals surface area contributed by atoms with E-state index >= 15 is 0 Å². The summed E-state index contributed by atoms with van der Waals surface area (Å²) >= 11 is 0. The van der Waals surface area contributed by atoms with Gasteiger partial charge in [0.15, 0.2) is 0 Å². The Morgan fingerprint density at radius 3 is 2.89 bits per heavy atom. The summed E-state index contributed by atoms with van der Waals surface area (Å²) in [6.07, 6.45) is 0.284. The number of amides is 1. The number of nitriles is 1. The van der Waals surface area contributed by atoms with E-state index in [0.717, 1.165) is 5.56 Å². The van der Waals surface area contributed by atoms with E-state index in [1.54, 1.807) is 0 Å². The van der Waals surface area contributed by atoms with Crippen LogP contribution in [-0.2, 0) is 11.3 Å². The third-order valence-electron chi connectivity index (χ3n) is 2.33. The minimum atomic E-state index is -0.243. The fourth-order valence-corrected chi connectivity index (χ4v) is 1.46. The first kappa shape index (κ1) is 12.7. The molecule has 0 saturated heterocycles. The molecule has 0 aliphatic carbocycles. The number of carbonyl (C=O) groups excluding carboxylic acids is 1. The van der Waals surface area contributed by atoms with Crippen molar-refractivity contribution in [2.24, 2.45) is 0 Å². The van der Waals surface area contributed by atoms with Gasteiger partial charge in [0, 0.05) is 12.1 Å². The summed E-state index contributed by atoms with van der Waals surface area (Å²) in [5.41, 5.74) is 0.846. The van der Waals surface area contributed by atoms with Crippen molar-refractivity contribution >= 4 is 5.91 Å². The second kappa shape index (κ2) is 6.26. The first-order valence-corrected chi connectivity index (χ1v) is 5.76. The van der Waals surface area contributed by atoms with Gasteiger partial charge in [0.2, 0.25) is 11.7 Å². The molecule has 7 nitrogen and oxygen atoms in total. The molecule has 2 rings (SSSR count). The molecule has 0 aliphatic rings. The van der Waals surface area contributed by atoms with Crippen LogP contribution >= 0.6 is 0 Å². The van der Waals surface area contributed by atoms with Crippen molar-refractivity contribution in [3.8, 4) is 17.5 Å². The minimum Gasteiger partial charge on any atom is -0.353 e. The van der Waals surface area contributed by atoms with Gasteiger partial charge in [0.05, 0.1) is 12.5 Å². The number of rotatable bonds is 5. The molecule has 2 aromatic rings. The molecule has 0 unspecified atom stereocenters. The molecule has 7 heteroatoms. The first-order valence-electron chi connectivity index (χ1n) is 5.76. The Hall–Kier alpha value is -2.75. The first-order chi connectivity index (χ1) is 9.29. The summed E-state index contributed by atoms with van der Waals surface area (Å²) in [6, 6.07) is 11.3. The van der Waals surface area contributed by atoms with Crippen LogP contribution < -0.4 is 5.32 Å². The molecule has 1 aromatic heterocycles.